The third-order valence-electron chi connectivity index (χ3n) is 3.56. The van der Waals surface area contributed by atoms with Crippen LogP contribution in [0.5, 0.6) is 0 Å². The van der Waals surface area contributed by atoms with E-state index in [-0.39, 0.29) is 11.9 Å². The minimum Gasteiger partial charge on any atom is -0.310 e. The highest BCUT2D eigenvalue weighted by atomic mass is 19.1. The molecule has 1 unspecified atom stereocenters. The highest BCUT2D eigenvalue weighted by Gasteiger charge is 2.18. The summed E-state index contributed by atoms with van der Waals surface area (Å²) in [5, 5.41) is 3.41. The number of hydrogen-bond acceptors (Lipinski definition) is 1. The van der Waals surface area contributed by atoms with Crippen LogP contribution >= 0.6 is 0 Å². The second-order valence-corrected chi connectivity index (χ2v) is 5.28. The van der Waals surface area contributed by atoms with Crippen LogP contribution in [0, 0.1) is 19.7 Å². The monoisotopic (exact) mass is 271 g/mol. The predicted molar refractivity (Wildman–Crippen MR) is 82.4 cm³/mol. The van der Waals surface area contributed by atoms with Gasteiger partial charge in [-0.2, -0.15) is 0 Å². The lowest BCUT2D eigenvalue weighted by molar-refractivity contribution is 0.506. The van der Waals surface area contributed by atoms with Crippen molar-refractivity contribution in [2.75, 3.05) is 6.54 Å². The zero-order valence-electron chi connectivity index (χ0n) is 12.4. The molecule has 0 aliphatic rings. The molecule has 0 amide bonds. The number of likely N-dealkylation sites (N-methyl/N-ethyl adjacent to an activating group) is 1. The van der Waals surface area contributed by atoms with Gasteiger partial charge in [-0.15, -0.1) is 0 Å². The van der Waals surface area contributed by atoms with Crippen molar-refractivity contribution in [1.82, 2.24) is 5.32 Å². The lowest BCUT2D eigenvalue weighted by atomic mass is 9.93. The molecule has 106 valence electrons. The molecule has 0 aliphatic heterocycles. The van der Waals surface area contributed by atoms with Crippen LogP contribution in [-0.2, 0) is 6.42 Å². The summed E-state index contributed by atoms with van der Waals surface area (Å²) >= 11 is 0. The number of rotatable bonds is 5. The fourth-order valence-electron chi connectivity index (χ4n) is 2.74. The van der Waals surface area contributed by atoms with Gasteiger partial charge in [0, 0.05) is 11.6 Å². The van der Waals surface area contributed by atoms with Crippen LogP contribution in [0.2, 0.25) is 0 Å². The first-order valence-electron chi connectivity index (χ1n) is 7.15. The fraction of sp³-hybridized carbons (Fsp3) is 0.333. The van der Waals surface area contributed by atoms with Gasteiger partial charge >= 0.3 is 0 Å². The average molecular weight is 271 g/mol. The molecule has 0 aliphatic carbocycles. The van der Waals surface area contributed by atoms with Crippen LogP contribution in [0.4, 0.5) is 4.39 Å². The Labute approximate surface area is 120 Å². The molecule has 1 atom stereocenters. The highest BCUT2D eigenvalue weighted by Crippen LogP contribution is 2.26. The Morgan fingerprint density at radius 3 is 2.40 bits per heavy atom. The Kier molecular flexibility index (Phi) is 4.91. The Balaban J connectivity index is 2.34. The van der Waals surface area contributed by atoms with Crippen molar-refractivity contribution in [1.29, 1.82) is 0 Å². The first-order chi connectivity index (χ1) is 9.61. The third-order valence-corrected chi connectivity index (χ3v) is 3.56. The Morgan fingerprint density at radius 2 is 1.80 bits per heavy atom. The topological polar surface area (TPSA) is 12.0 Å². The number of halogens is 1. The van der Waals surface area contributed by atoms with E-state index in [4.69, 9.17) is 0 Å². The first-order valence-corrected chi connectivity index (χ1v) is 7.15. The Hall–Kier alpha value is -1.67. The number of hydrogen-bond donors (Lipinski definition) is 1. The van der Waals surface area contributed by atoms with E-state index in [1.807, 2.05) is 38.1 Å². The molecule has 2 aromatic carbocycles. The molecule has 0 saturated carbocycles. The molecule has 2 rings (SSSR count). The largest absolute Gasteiger partial charge is 0.310 e. The summed E-state index contributed by atoms with van der Waals surface area (Å²) in [5.74, 6) is -0.107. The summed E-state index contributed by atoms with van der Waals surface area (Å²) < 4.78 is 14.3. The van der Waals surface area contributed by atoms with Crippen LogP contribution < -0.4 is 5.32 Å². The maximum atomic E-state index is 14.3. The third kappa shape index (κ3) is 3.45. The van der Waals surface area contributed by atoms with Crippen LogP contribution in [-0.4, -0.2) is 6.54 Å². The molecule has 0 spiro atoms. The Bertz CT molecular complexity index is 540. The maximum Gasteiger partial charge on any atom is 0.128 e. The van der Waals surface area contributed by atoms with Crippen molar-refractivity contribution in [3.8, 4) is 0 Å². The van der Waals surface area contributed by atoms with E-state index < -0.39 is 0 Å². The van der Waals surface area contributed by atoms with E-state index >= 15 is 0 Å². The molecule has 0 heterocycles. The van der Waals surface area contributed by atoms with Gasteiger partial charge in [-0.1, -0.05) is 43.3 Å². The van der Waals surface area contributed by atoms with Crippen LogP contribution in [0.1, 0.15) is 35.2 Å². The van der Waals surface area contributed by atoms with Gasteiger partial charge in [0.25, 0.3) is 0 Å². The van der Waals surface area contributed by atoms with E-state index in [9.17, 15) is 4.39 Å². The molecule has 0 bridgehead atoms. The summed E-state index contributed by atoms with van der Waals surface area (Å²) in [5.41, 5.74) is 4.00. The van der Waals surface area contributed by atoms with Crippen molar-refractivity contribution in [3.63, 3.8) is 0 Å². The average Bonchev–Trinajstić information content (AvgIpc) is 2.39. The van der Waals surface area contributed by atoms with Crippen LogP contribution in [0.25, 0.3) is 0 Å². The smallest absolute Gasteiger partial charge is 0.128 e. The zero-order chi connectivity index (χ0) is 14.5. The van der Waals surface area contributed by atoms with Gasteiger partial charge in [0.2, 0.25) is 0 Å². The molecule has 1 nitrogen and oxygen atoms in total. The molecular weight excluding hydrogens is 249 g/mol. The van der Waals surface area contributed by atoms with Gasteiger partial charge in [-0.05, 0) is 49.6 Å². The minimum atomic E-state index is -0.107. The zero-order valence-corrected chi connectivity index (χ0v) is 12.4. The molecule has 20 heavy (non-hydrogen) atoms. The number of benzene rings is 2. The van der Waals surface area contributed by atoms with Crippen molar-refractivity contribution in [2.24, 2.45) is 0 Å². The molecule has 2 heteroatoms. The van der Waals surface area contributed by atoms with Crippen molar-refractivity contribution < 1.29 is 4.39 Å². The lowest BCUT2D eigenvalue weighted by Crippen LogP contribution is -2.25. The van der Waals surface area contributed by atoms with E-state index in [1.54, 1.807) is 6.07 Å². The maximum absolute atomic E-state index is 14.3. The Morgan fingerprint density at radius 1 is 1.10 bits per heavy atom. The molecule has 0 radical (unpaired) electrons. The molecular formula is C18H22FN. The summed E-state index contributed by atoms with van der Waals surface area (Å²) in [7, 11) is 0. The molecule has 0 fully saturated rings. The van der Waals surface area contributed by atoms with Gasteiger partial charge in [-0.3, -0.25) is 0 Å². The lowest BCUT2D eigenvalue weighted by Gasteiger charge is -2.21. The minimum absolute atomic E-state index is 0.0167. The van der Waals surface area contributed by atoms with Crippen molar-refractivity contribution >= 4 is 0 Å². The molecule has 0 aromatic heterocycles. The molecule has 2 aromatic rings. The van der Waals surface area contributed by atoms with Gasteiger partial charge in [0.1, 0.15) is 5.82 Å². The molecule has 1 N–H and O–H groups in total. The first kappa shape index (κ1) is 14.7. The summed E-state index contributed by atoms with van der Waals surface area (Å²) in [4.78, 5) is 0. The SMILES string of the molecule is CCNC(Cc1ccccc1)c1c(C)cc(C)cc1F. The van der Waals surface area contributed by atoms with E-state index in [0.29, 0.717) is 0 Å². The quantitative estimate of drug-likeness (QED) is 0.853. The van der Waals surface area contributed by atoms with Crippen molar-refractivity contribution in [3.05, 3.63) is 70.5 Å². The normalized spacial score (nSPS) is 12.4. The van der Waals surface area contributed by atoms with Crippen molar-refractivity contribution in [2.45, 2.75) is 33.2 Å². The summed E-state index contributed by atoms with van der Waals surface area (Å²) in [6.07, 6.45) is 0.801. The van der Waals surface area contributed by atoms with Gasteiger partial charge in [-0.25, -0.2) is 4.39 Å². The standard InChI is InChI=1S/C18H22FN/c1-4-20-17(12-15-8-6-5-7-9-15)18-14(3)10-13(2)11-16(18)19/h5-11,17,20H,4,12H2,1-3H3. The second-order valence-electron chi connectivity index (χ2n) is 5.28. The van der Waals surface area contributed by atoms with Gasteiger partial charge in [0.05, 0.1) is 0 Å². The van der Waals surface area contributed by atoms with E-state index in [1.165, 1.54) is 5.56 Å². The summed E-state index contributed by atoms with van der Waals surface area (Å²) in [6.45, 7) is 6.80. The summed E-state index contributed by atoms with van der Waals surface area (Å²) in [6, 6.07) is 13.9. The van der Waals surface area contributed by atoms with Gasteiger partial charge < -0.3 is 5.32 Å². The van der Waals surface area contributed by atoms with Gasteiger partial charge in [0.15, 0.2) is 0 Å². The predicted octanol–water partition coefficient (Wildman–Crippen LogP) is 4.34. The van der Waals surface area contributed by atoms with E-state index in [2.05, 4.69) is 24.4 Å². The molecule has 0 saturated heterocycles. The van der Waals surface area contributed by atoms with E-state index in [0.717, 1.165) is 29.7 Å². The second kappa shape index (κ2) is 6.67. The number of aryl methyl sites for hydroxylation is 2. The highest BCUT2D eigenvalue weighted by molar-refractivity contribution is 5.35. The van der Waals surface area contributed by atoms with Crippen LogP contribution in [0.3, 0.4) is 0 Å². The van der Waals surface area contributed by atoms with Crippen LogP contribution in [0.15, 0.2) is 42.5 Å². The fourth-order valence-corrected chi connectivity index (χ4v) is 2.74. The number of nitrogens with one attached hydrogen (secondary N) is 1.